The predicted octanol–water partition coefficient (Wildman–Crippen LogP) is 5.17. The summed E-state index contributed by atoms with van der Waals surface area (Å²) in [4.78, 5) is 16.7. The van der Waals surface area contributed by atoms with Crippen LogP contribution in [0, 0.1) is 0 Å². The van der Waals surface area contributed by atoms with Gasteiger partial charge in [0.1, 0.15) is 5.75 Å². The molecule has 3 aromatic rings. The minimum atomic E-state index is -4.78. The second kappa shape index (κ2) is 7.03. The van der Waals surface area contributed by atoms with Gasteiger partial charge < -0.3 is 19.9 Å². The van der Waals surface area contributed by atoms with Crippen molar-refractivity contribution in [3.8, 4) is 5.75 Å². The number of amides is 1. The second-order valence-electron chi connectivity index (χ2n) is 5.98. The number of rotatable bonds is 4. The summed E-state index contributed by atoms with van der Waals surface area (Å²) in [5.41, 5.74) is 2.35. The van der Waals surface area contributed by atoms with Crippen LogP contribution in [-0.2, 0) is 0 Å². The van der Waals surface area contributed by atoms with E-state index >= 15 is 0 Å². The summed E-state index contributed by atoms with van der Waals surface area (Å²) in [6.45, 7) is 0. The minimum absolute atomic E-state index is 0.0757. The molecule has 0 fully saturated rings. The highest BCUT2D eigenvalue weighted by atomic mass is 35.5. The molecule has 0 unspecified atom stereocenters. The van der Waals surface area contributed by atoms with Gasteiger partial charge in [-0.05, 0) is 30.3 Å². The van der Waals surface area contributed by atoms with Crippen LogP contribution in [0.5, 0.6) is 5.75 Å². The van der Waals surface area contributed by atoms with E-state index in [1.807, 2.05) is 0 Å². The molecular weight excluding hydrogens is 383 g/mol. The maximum atomic E-state index is 12.3. The van der Waals surface area contributed by atoms with E-state index in [4.69, 9.17) is 11.6 Å². The van der Waals surface area contributed by atoms with Crippen LogP contribution < -0.4 is 10.1 Å². The Labute approximate surface area is 157 Å². The summed E-state index contributed by atoms with van der Waals surface area (Å²) in [7, 11) is 3.34. The molecule has 0 saturated carbocycles. The summed E-state index contributed by atoms with van der Waals surface area (Å²) in [6, 6.07) is 8.95. The molecule has 0 aliphatic carbocycles. The lowest BCUT2D eigenvalue weighted by Crippen LogP contribution is -2.21. The first kappa shape index (κ1) is 18.9. The van der Waals surface area contributed by atoms with E-state index in [9.17, 15) is 18.0 Å². The molecule has 1 heterocycles. The molecule has 2 N–H and O–H groups in total. The fourth-order valence-corrected chi connectivity index (χ4v) is 2.79. The number of anilines is 2. The van der Waals surface area contributed by atoms with Gasteiger partial charge in [-0.25, -0.2) is 0 Å². The van der Waals surface area contributed by atoms with Gasteiger partial charge in [-0.2, -0.15) is 0 Å². The first-order valence-corrected chi connectivity index (χ1v) is 8.17. The van der Waals surface area contributed by atoms with E-state index in [1.165, 1.54) is 17.0 Å². The lowest BCUT2D eigenvalue weighted by atomic mass is 10.1. The average Bonchev–Trinajstić information content (AvgIpc) is 2.98. The van der Waals surface area contributed by atoms with Gasteiger partial charge in [0.05, 0.1) is 16.3 Å². The molecule has 0 radical (unpaired) electrons. The number of carbonyl (C=O) groups excluding carboxylic acids is 1. The van der Waals surface area contributed by atoms with Gasteiger partial charge in [0, 0.05) is 42.9 Å². The van der Waals surface area contributed by atoms with Crippen LogP contribution in [0.4, 0.5) is 24.5 Å². The fraction of sp³-hybridized carbons (Fsp3) is 0.167. The third-order valence-electron chi connectivity index (χ3n) is 3.77. The van der Waals surface area contributed by atoms with Crippen LogP contribution in [0.1, 0.15) is 10.4 Å². The molecule has 1 aromatic heterocycles. The zero-order chi connectivity index (χ0) is 19.8. The summed E-state index contributed by atoms with van der Waals surface area (Å²) < 4.78 is 40.6. The van der Waals surface area contributed by atoms with Gasteiger partial charge in [0.15, 0.2) is 0 Å². The minimum Gasteiger partial charge on any atom is -0.406 e. The number of hydrogen-bond donors (Lipinski definition) is 2. The van der Waals surface area contributed by atoms with E-state index in [2.05, 4.69) is 15.0 Å². The molecule has 0 aliphatic rings. The molecular formula is C18H15ClF3N3O2. The van der Waals surface area contributed by atoms with E-state index in [0.29, 0.717) is 16.9 Å². The molecule has 0 saturated heterocycles. The zero-order valence-electron chi connectivity index (χ0n) is 14.3. The highest BCUT2D eigenvalue weighted by molar-refractivity contribution is 6.33. The molecule has 3 rings (SSSR count). The Balaban J connectivity index is 1.84. The van der Waals surface area contributed by atoms with Crippen molar-refractivity contribution < 1.29 is 22.7 Å². The van der Waals surface area contributed by atoms with Gasteiger partial charge in [-0.3, -0.25) is 4.79 Å². The summed E-state index contributed by atoms with van der Waals surface area (Å²) in [5, 5.41) is 3.87. The summed E-state index contributed by atoms with van der Waals surface area (Å²) >= 11 is 6.04. The highest BCUT2D eigenvalue weighted by Crippen LogP contribution is 2.33. The monoisotopic (exact) mass is 397 g/mol. The van der Waals surface area contributed by atoms with Crippen molar-refractivity contribution in [1.82, 2.24) is 9.88 Å². The lowest BCUT2D eigenvalue weighted by Gasteiger charge is -2.12. The number of alkyl halides is 3. The van der Waals surface area contributed by atoms with Crippen molar-refractivity contribution in [1.29, 1.82) is 0 Å². The molecule has 0 atom stereocenters. The highest BCUT2D eigenvalue weighted by Gasteiger charge is 2.31. The molecule has 0 spiro atoms. The van der Waals surface area contributed by atoms with E-state index < -0.39 is 12.1 Å². The molecule has 27 heavy (non-hydrogen) atoms. The molecule has 0 bridgehead atoms. The summed E-state index contributed by atoms with van der Waals surface area (Å²) in [6.07, 6.45) is -3.15. The smallest absolute Gasteiger partial charge is 0.406 e. The van der Waals surface area contributed by atoms with Gasteiger partial charge in [-0.15, -0.1) is 13.2 Å². The van der Waals surface area contributed by atoms with Crippen LogP contribution in [-0.4, -0.2) is 36.2 Å². The zero-order valence-corrected chi connectivity index (χ0v) is 15.1. The first-order valence-electron chi connectivity index (χ1n) is 7.79. The van der Waals surface area contributed by atoms with Crippen LogP contribution in [0.3, 0.4) is 0 Å². The number of hydrogen-bond acceptors (Lipinski definition) is 3. The third kappa shape index (κ3) is 4.28. The Morgan fingerprint density at radius 3 is 2.56 bits per heavy atom. The number of fused-ring (bicyclic) bond motifs is 1. The van der Waals surface area contributed by atoms with Crippen molar-refractivity contribution >= 4 is 39.8 Å². The second-order valence-corrected chi connectivity index (χ2v) is 6.38. The number of halogens is 4. The van der Waals surface area contributed by atoms with Crippen LogP contribution >= 0.6 is 11.6 Å². The Morgan fingerprint density at radius 1 is 1.19 bits per heavy atom. The maximum absolute atomic E-state index is 12.3. The van der Waals surface area contributed by atoms with E-state index in [1.54, 1.807) is 38.5 Å². The molecule has 2 aromatic carbocycles. The van der Waals surface area contributed by atoms with Crippen molar-refractivity contribution in [3.05, 3.63) is 53.2 Å². The molecule has 142 valence electrons. The number of aromatic amines is 1. The third-order valence-corrected chi connectivity index (χ3v) is 4.08. The van der Waals surface area contributed by atoms with E-state index in [-0.39, 0.29) is 10.9 Å². The average molecular weight is 398 g/mol. The fourth-order valence-electron chi connectivity index (χ4n) is 2.57. The lowest BCUT2D eigenvalue weighted by molar-refractivity contribution is -0.274. The number of aromatic nitrogens is 1. The number of nitrogens with zero attached hydrogens (tertiary/aromatic N) is 1. The molecule has 9 heteroatoms. The van der Waals surface area contributed by atoms with Gasteiger partial charge >= 0.3 is 6.36 Å². The van der Waals surface area contributed by atoms with Crippen LogP contribution in [0.15, 0.2) is 42.6 Å². The van der Waals surface area contributed by atoms with Crippen LogP contribution in [0.25, 0.3) is 10.9 Å². The van der Waals surface area contributed by atoms with Gasteiger partial charge in [0.2, 0.25) is 0 Å². The van der Waals surface area contributed by atoms with Crippen molar-refractivity contribution in [2.45, 2.75) is 6.36 Å². The van der Waals surface area contributed by atoms with Crippen molar-refractivity contribution in [3.63, 3.8) is 0 Å². The maximum Gasteiger partial charge on any atom is 0.573 e. The quantitative estimate of drug-likeness (QED) is 0.639. The Hall–Kier alpha value is -2.87. The predicted molar refractivity (Wildman–Crippen MR) is 97.7 cm³/mol. The largest absolute Gasteiger partial charge is 0.573 e. The van der Waals surface area contributed by atoms with Gasteiger partial charge in [0.25, 0.3) is 5.91 Å². The Morgan fingerprint density at radius 2 is 1.93 bits per heavy atom. The Bertz CT molecular complexity index is 999. The number of ether oxygens (including phenoxy) is 1. The molecule has 1 amide bonds. The first-order chi connectivity index (χ1) is 12.6. The SMILES string of the molecule is CN(C)C(=O)c1c[nH]c2cc(Nc3ccc(OC(F)(F)F)cc3Cl)ccc12. The standard InChI is InChI=1S/C18H15ClF3N3O2/c1-25(2)17(26)13-9-23-16-7-10(3-5-12(13)16)24-15-6-4-11(8-14(15)19)27-18(20,21)22/h3-9,23-24H,1-2H3. The topological polar surface area (TPSA) is 57.4 Å². The number of benzene rings is 2. The molecule has 0 aliphatic heterocycles. The number of H-pyrrole nitrogens is 1. The number of nitrogens with one attached hydrogen (secondary N) is 2. The Kier molecular flexibility index (Phi) is 4.93. The van der Waals surface area contributed by atoms with Crippen molar-refractivity contribution in [2.75, 3.05) is 19.4 Å². The van der Waals surface area contributed by atoms with Gasteiger partial charge in [-0.1, -0.05) is 11.6 Å². The summed E-state index contributed by atoms with van der Waals surface area (Å²) in [5.74, 6) is -0.519. The van der Waals surface area contributed by atoms with Crippen LogP contribution in [0.2, 0.25) is 5.02 Å². The van der Waals surface area contributed by atoms with Crippen molar-refractivity contribution in [2.24, 2.45) is 0 Å². The van der Waals surface area contributed by atoms with E-state index in [0.717, 1.165) is 17.0 Å². The normalized spacial score (nSPS) is 11.5. The molecule has 5 nitrogen and oxygen atoms in total. The number of carbonyl (C=O) groups is 1.